The van der Waals surface area contributed by atoms with Gasteiger partial charge in [-0.1, -0.05) is 38.7 Å². The van der Waals surface area contributed by atoms with Crippen LogP contribution in [-0.2, 0) is 16.0 Å². The maximum atomic E-state index is 11.7. The molecule has 0 saturated heterocycles. The summed E-state index contributed by atoms with van der Waals surface area (Å²) in [6, 6.07) is 4.87. The number of benzene rings is 1. The third kappa shape index (κ3) is 5.95. The second-order valence-corrected chi connectivity index (χ2v) is 4.82. The normalized spacial score (nSPS) is 10.3. The standard InChI is InChI=1S/C16H24O4/c1-3-4-5-6-7-10-20-16(18)12-13-8-9-14(17)15(11-13)19-2/h8-9,11,17H,3-7,10,12H2,1-2H3. The molecule has 0 amide bonds. The number of aromatic hydroxyl groups is 1. The van der Waals surface area contributed by atoms with E-state index in [0.29, 0.717) is 12.4 Å². The second-order valence-electron chi connectivity index (χ2n) is 4.82. The van der Waals surface area contributed by atoms with Gasteiger partial charge >= 0.3 is 5.97 Å². The number of unbranched alkanes of at least 4 members (excludes halogenated alkanes) is 4. The Hall–Kier alpha value is -1.71. The summed E-state index contributed by atoms with van der Waals surface area (Å²) in [4.78, 5) is 11.7. The van der Waals surface area contributed by atoms with Gasteiger partial charge in [0.25, 0.3) is 0 Å². The van der Waals surface area contributed by atoms with Crippen LogP contribution < -0.4 is 4.74 Å². The zero-order valence-electron chi connectivity index (χ0n) is 12.4. The molecule has 0 saturated carbocycles. The Kier molecular flexibility index (Phi) is 7.55. The van der Waals surface area contributed by atoms with Crippen LogP contribution in [0, 0.1) is 0 Å². The minimum atomic E-state index is -0.242. The van der Waals surface area contributed by atoms with Crippen molar-refractivity contribution < 1.29 is 19.4 Å². The molecule has 20 heavy (non-hydrogen) atoms. The van der Waals surface area contributed by atoms with Gasteiger partial charge in [-0.25, -0.2) is 0 Å². The molecule has 0 bridgehead atoms. The molecule has 1 N–H and O–H groups in total. The highest BCUT2D eigenvalue weighted by Crippen LogP contribution is 2.26. The molecule has 0 aliphatic heterocycles. The second kappa shape index (κ2) is 9.23. The van der Waals surface area contributed by atoms with Crippen molar-refractivity contribution in [2.24, 2.45) is 0 Å². The molecule has 0 spiro atoms. The Morgan fingerprint density at radius 2 is 1.95 bits per heavy atom. The van der Waals surface area contributed by atoms with Crippen LogP contribution in [0.4, 0.5) is 0 Å². The highest BCUT2D eigenvalue weighted by atomic mass is 16.5. The lowest BCUT2D eigenvalue weighted by molar-refractivity contribution is -0.142. The van der Waals surface area contributed by atoms with E-state index in [1.165, 1.54) is 32.4 Å². The van der Waals surface area contributed by atoms with Crippen LogP contribution in [0.5, 0.6) is 11.5 Å². The summed E-state index contributed by atoms with van der Waals surface area (Å²) in [6.45, 7) is 2.66. The molecule has 0 aliphatic carbocycles. The third-order valence-corrected chi connectivity index (χ3v) is 3.10. The summed E-state index contributed by atoms with van der Waals surface area (Å²) >= 11 is 0. The molecule has 0 heterocycles. The summed E-state index contributed by atoms with van der Waals surface area (Å²) in [5, 5.41) is 9.47. The topological polar surface area (TPSA) is 55.8 Å². The van der Waals surface area contributed by atoms with Crippen molar-refractivity contribution in [3.63, 3.8) is 0 Å². The minimum absolute atomic E-state index is 0.0699. The Morgan fingerprint density at radius 3 is 2.65 bits per heavy atom. The van der Waals surface area contributed by atoms with Gasteiger partial charge in [-0.15, -0.1) is 0 Å². The summed E-state index contributed by atoms with van der Waals surface area (Å²) in [7, 11) is 1.48. The van der Waals surface area contributed by atoms with Gasteiger partial charge in [-0.2, -0.15) is 0 Å². The van der Waals surface area contributed by atoms with Gasteiger partial charge in [0.1, 0.15) is 0 Å². The average molecular weight is 280 g/mol. The molecule has 1 aromatic carbocycles. The van der Waals surface area contributed by atoms with E-state index < -0.39 is 0 Å². The predicted octanol–water partition coefficient (Wildman–Crippen LogP) is 3.46. The van der Waals surface area contributed by atoms with Crippen LogP contribution in [0.15, 0.2) is 18.2 Å². The fourth-order valence-corrected chi connectivity index (χ4v) is 1.94. The summed E-state index contributed by atoms with van der Waals surface area (Å²) < 4.78 is 10.2. The average Bonchev–Trinajstić information content (AvgIpc) is 2.44. The van der Waals surface area contributed by atoms with Gasteiger partial charge in [-0.3, -0.25) is 4.79 Å². The lowest BCUT2D eigenvalue weighted by atomic mass is 10.1. The molecular weight excluding hydrogens is 256 g/mol. The maximum Gasteiger partial charge on any atom is 0.310 e. The number of hydrogen-bond acceptors (Lipinski definition) is 4. The van der Waals surface area contributed by atoms with E-state index in [9.17, 15) is 9.90 Å². The van der Waals surface area contributed by atoms with E-state index in [2.05, 4.69) is 6.92 Å². The van der Waals surface area contributed by atoms with Crippen molar-refractivity contribution in [1.82, 2.24) is 0 Å². The largest absolute Gasteiger partial charge is 0.504 e. The number of methoxy groups -OCH3 is 1. The molecule has 0 radical (unpaired) electrons. The SMILES string of the molecule is CCCCCCCOC(=O)Cc1ccc(O)c(OC)c1. The number of ether oxygens (including phenoxy) is 2. The fraction of sp³-hybridized carbons (Fsp3) is 0.562. The molecule has 0 fully saturated rings. The molecule has 0 aromatic heterocycles. The van der Waals surface area contributed by atoms with Gasteiger partial charge in [0, 0.05) is 0 Å². The van der Waals surface area contributed by atoms with E-state index in [1.807, 2.05) is 0 Å². The molecule has 4 nitrogen and oxygen atoms in total. The van der Waals surface area contributed by atoms with Crippen LogP contribution in [0.3, 0.4) is 0 Å². The van der Waals surface area contributed by atoms with Crippen molar-refractivity contribution in [3.8, 4) is 11.5 Å². The van der Waals surface area contributed by atoms with Crippen molar-refractivity contribution in [1.29, 1.82) is 0 Å². The number of phenols is 1. The predicted molar refractivity (Wildman–Crippen MR) is 78.1 cm³/mol. The third-order valence-electron chi connectivity index (χ3n) is 3.10. The fourth-order valence-electron chi connectivity index (χ4n) is 1.94. The number of hydrogen-bond donors (Lipinski definition) is 1. The number of esters is 1. The number of phenolic OH excluding ortho intramolecular Hbond substituents is 1. The molecule has 1 aromatic rings. The molecular formula is C16H24O4. The Bertz CT molecular complexity index is 415. The van der Waals surface area contributed by atoms with Crippen LogP contribution >= 0.6 is 0 Å². The van der Waals surface area contributed by atoms with Gasteiger partial charge in [-0.05, 0) is 24.1 Å². The van der Waals surface area contributed by atoms with E-state index in [4.69, 9.17) is 9.47 Å². The number of carbonyl (C=O) groups excluding carboxylic acids is 1. The first-order valence-corrected chi connectivity index (χ1v) is 7.19. The van der Waals surface area contributed by atoms with Crippen molar-refractivity contribution in [2.45, 2.75) is 45.4 Å². The lowest BCUT2D eigenvalue weighted by Gasteiger charge is -2.07. The van der Waals surface area contributed by atoms with Crippen molar-refractivity contribution >= 4 is 5.97 Å². The summed E-state index contributed by atoms with van der Waals surface area (Å²) in [6.07, 6.45) is 5.87. The van der Waals surface area contributed by atoms with Crippen LogP contribution in [0.25, 0.3) is 0 Å². The Balaban J connectivity index is 2.28. The Labute approximate surface area is 120 Å². The lowest BCUT2D eigenvalue weighted by Crippen LogP contribution is -2.09. The molecule has 0 aliphatic rings. The molecule has 1 rings (SSSR count). The highest BCUT2D eigenvalue weighted by Gasteiger charge is 2.08. The van der Waals surface area contributed by atoms with Crippen LogP contribution in [0.1, 0.15) is 44.6 Å². The van der Waals surface area contributed by atoms with Crippen LogP contribution in [0.2, 0.25) is 0 Å². The Morgan fingerprint density at radius 1 is 1.20 bits per heavy atom. The quantitative estimate of drug-likeness (QED) is 0.556. The summed E-state index contributed by atoms with van der Waals surface area (Å²) in [5.41, 5.74) is 0.774. The minimum Gasteiger partial charge on any atom is -0.504 e. The van der Waals surface area contributed by atoms with Gasteiger partial charge in [0.2, 0.25) is 0 Å². The number of carbonyl (C=O) groups is 1. The monoisotopic (exact) mass is 280 g/mol. The van der Waals surface area contributed by atoms with Crippen molar-refractivity contribution in [3.05, 3.63) is 23.8 Å². The van der Waals surface area contributed by atoms with Gasteiger partial charge in [0.15, 0.2) is 11.5 Å². The number of rotatable bonds is 9. The molecule has 112 valence electrons. The zero-order valence-corrected chi connectivity index (χ0v) is 12.4. The van der Waals surface area contributed by atoms with Gasteiger partial charge < -0.3 is 14.6 Å². The van der Waals surface area contributed by atoms with E-state index in [0.717, 1.165) is 18.4 Å². The van der Waals surface area contributed by atoms with Crippen molar-refractivity contribution in [2.75, 3.05) is 13.7 Å². The maximum absolute atomic E-state index is 11.7. The first-order valence-electron chi connectivity index (χ1n) is 7.19. The smallest absolute Gasteiger partial charge is 0.310 e. The van der Waals surface area contributed by atoms with E-state index >= 15 is 0 Å². The molecule has 0 atom stereocenters. The zero-order chi connectivity index (χ0) is 14.8. The molecule has 4 heteroatoms. The van der Waals surface area contributed by atoms with Crippen LogP contribution in [-0.4, -0.2) is 24.8 Å². The van der Waals surface area contributed by atoms with E-state index in [-0.39, 0.29) is 18.1 Å². The summed E-state index contributed by atoms with van der Waals surface area (Å²) in [5.74, 6) is 0.198. The molecule has 0 unspecified atom stereocenters. The highest BCUT2D eigenvalue weighted by molar-refractivity contribution is 5.72. The first-order chi connectivity index (χ1) is 9.67. The van der Waals surface area contributed by atoms with Gasteiger partial charge in [0.05, 0.1) is 20.1 Å². The van der Waals surface area contributed by atoms with E-state index in [1.54, 1.807) is 12.1 Å². The first kappa shape index (κ1) is 16.3.